The number of ether oxygens (including phenoxy) is 1. The van der Waals surface area contributed by atoms with Crippen molar-refractivity contribution in [2.24, 2.45) is 11.7 Å². The number of hydrogen-bond acceptors (Lipinski definition) is 3. The molecular weight excluding hydrogens is 183 g/mol. The molecule has 0 aromatic rings. The molecule has 0 aromatic heterocycles. The zero-order valence-corrected chi connectivity index (χ0v) is 8.92. The first kappa shape index (κ1) is 11.9. The number of alkyl halides is 1. The quantitative estimate of drug-likeness (QED) is 0.714. The highest BCUT2D eigenvalue weighted by Gasteiger charge is 2.17. The minimum atomic E-state index is -0.999. The lowest BCUT2D eigenvalue weighted by Crippen LogP contribution is -2.32. The van der Waals surface area contributed by atoms with Crippen LogP contribution in [0.15, 0.2) is 0 Å². The maximum atomic E-state index is 12.7. The van der Waals surface area contributed by atoms with Crippen LogP contribution in [-0.4, -0.2) is 51.0 Å². The maximum absolute atomic E-state index is 12.7. The van der Waals surface area contributed by atoms with Crippen molar-refractivity contribution in [3.05, 3.63) is 0 Å². The average Bonchev–Trinajstić information content (AvgIpc) is 2.21. The van der Waals surface area contributed by atoms with Gasteiger partial charge in [0.1, 0.15) is 6.17 Å². The molecule has 1 saturated heterocycles. The van der Waals surface area contributed by atoms with Gasteiger partial charge in [0.15, 0.2) is 0 Å². The molecule has 1 fully saturated rings. The van der Waals surface area contributed by atoms with Crippen molar-refractivity contribution in [2.45, 2.75) is 19.0 Å². The van der Waals surface area contributed by atoms with E-state index in [0.717, 1.165) is 25.9 Å². The van der Waals surface area contributed by atoms with E-state index in [1.54, 1.807) is 0 Å². The molecule has 1 aliphatic rings. The Labute approximate surface area is 85.4 Å². The van der Waals surface area contributed by atoms with Crippen LogP contribution in [0.4, 0.5) is 4.39 Å². The van der Waals surface area contributed by atoms with Crippen molar-refractivity contribution in [1.82, 2.24) is 4.90 Å². The van der Waals surface area contributed by atoms with E-state index in [-0.39, 0.29) is 13.2 Å². The van der Waals surface area contributed by atoms with Gasteiger partial charge >= 0.3 is 0 Å². The summed E-state index contributed by atoms with van der Waals surface area (Å²) >= 11 is 0. The van der Waals surface area contributed by atoms with Gasteiger partial charge in [0, 0.05) is 13.2 Å². The van der Waals surface area contributed by atoms with Crippen LogP contribution in [0.5, 0.6) is 0 Å². The second kappa shape index (κ2) is 6.32. The third-order valence-corrected chi connectivity index (χ3v) is 2.75. The number of rotatable bonds is 5. The summed E-state index contributed by atoms with van der Waals surface area (Å²) in [6.45, 7) is 3.17. The van der Waals surface area contributed by atoms with Gasteiger partial charge in [-0.2, -0.15) is 0 Å². The fourth-order valence-corrected chi connectivity index (χ4v) is 1.66. The lowest BCUT2D eigenvalue weighted by Gasteiger charge is -2.28. The average molecular weight is 204 g/mol. The molecular formula is C10H21FN2O. The number of nitrogens with two attached hydrogens (primary N) is 1. The zero-order valence-electron chi connectivity index (χ0n) is 8.92. The largest absolute Gasteiger partial charge is 0.378 e. The Kier molecular flexibility index (Phi) is 5.37. The molecule has 84 valence electrons. The zero-order chi connectivity index (χ0) is 10.4. The lowest BCUT2D eigenvalue weighted by atomic mass is 9.98. The third kappa shape index (κ3) is 4.35. The van der Waals surface area contributed by atoms with Gasteiger partial charge in [-0.05, 0) is 38.9 Å². The topological polar surface area (TPSA) is 38.5 Å². The molecule has 1 rings (SSSR count). The van der Waals surface area contributed by atoms with Crippen molar-refractivity contribution >= 4 is 0 Å². The third-order valence-electron chi connectivity index (χ3n) is 2.75. The smallest absolute Gasteiger partial charge is 0.135 e. The number of piperidine rings is 1. The highest BCUT2D eigenvalue weighted by molar-refractivity contribution is 4.69. The molecule has 1 atom stereocenters. The van der Waals surface area contributed by atoms with Crippen molar-refractivity contribution in [3.63, 3.8) is 0 Å². The highest BCUT2D eigenvalue weighted by Crippen LogP contribution is 2.16. The molecule has 0 saturated carbocycles. The number of nitrogens with zero attached hydrogens (tertiary/aromatic N) is 1. The molecule has 0 bridgehead atoms. The van der Waals surface area contributed by atoms with Gasteiger partial charge in [0.05, 0.1) is 6.61 Å². The van der Waals surface area contributed by atoms with Crippen molar-refractivity contribution in [3.8, 4) is 0 Å². The fraction of sp³-hybridized carbons (Fsp3) is 1.00. The molecule has 0 aromatic carbocycles. The van der Waals surface area contributed by atoms with Crippen LogP contribution in [0.2, 0.25) is 0 Å². The second-order valence-corrected chi connectivity index (χ2v) is 4.12. The van der Waals surface area contributed by atoms with Gasteiger partial charge in [0.25, 0.3) is 0 Å². The van der Waals surface area contributed by atoms with Crippen LogP contribution in [0, 0.1) is 5.92 Å². The lowest BCUT2D eigenvalue weighted by molar-refractivity contribution is 0.0425. The predicted octanol–water partition coefficient (Wildman–Crippen LogP) is 0.642. The van der Waals surface area contributed by atoms with Crippen LogP contribution < -0.4 is 5.73 Å². The van der Waals surface area contributed by atoms with E-state index in [9.17, 15) is 4.39 Å². The molecule has 1 heterocycles. The Morgan fingerprint density at radius 2 is 2.14 bits per heavy atom. The van der Waals surface area contributed by atoms with Gasteiger partial charge in [-0.3, -0.25) is 0 Å². The van der Waals surface area contributed by atoms with Gasteiger partial charge < -0.3 is 15.4 Å². The summed E-state index contributed by atoms with van der Waals surface area (Å²) in [5.74, 6) is 0.608. The first-order chi connectivity index (χ1) is 6.72. The highest BCUT2D eigenvalue weighted by atomic mass is 19.1. The minimum absolute atomic E-state index is 0.0629. The van der Waals surface area contributed by atoms with E-state index in [0.29, 0.717) is 12.5 Å². The first-order valence-corrected chi connectivity index (χ1v) is 5.32. The van der Waals surface area contributed by atoms with E-state index in [1.807, 2.05) is 0 Å². The van der Waals surface area contributed by atoms with Crippen molar-refractivity contribution < 1.29 is 9.13 Å². The SMILES string of the molecule is CN1CCC(COC[C@H](F)CN)CC1. The molecule has 0 spiro atoms. The Morgan fingerprint density at radius 1 is 1.50 bits per heavy atom. The standard InChI is InChI=1S/C10H21FN2O/c1-13-4-2-9(3-5-13)7-14-8-10(11)6-12/h9-10H,2-8,12H2,1H3/t10-/m1/s1. The van der Waals surface area contributed by atoms with Gasteiger partial charge in [-0.25, -0.2) is 4.39 Å². The molecule has 0 radical (unpaired) electrons. The van der Waals surface area contributed by atoms with Gasteiger partial charge in [0.2, 0.25) is 0 Å². The van der Waals surface area contributed by atoms with E-state index >= 15 is 0 Å². The number of hydrogen-bond donors (Lipinski definition) is 1. The summed E-state index contributed by atoms with van der Waals surface area (Å²) in [5.41, 5.74) is 5.15. The Hall–Kier alpha value is -0.190. The molecule has 4 heteroatoms. The maximum Gasteiger partial charge on any atom is 0.135 e. The normalized spacial score (nSPS) is 22.5. The summed E-state index contributed by atoms with van der Waals surface area (Å²) in [6.07, 6.45) is 1.33. The minimum Gasteiger partial charge on any atom is -0.378 e. The summed E-state index contributed by atoms with van der Waals surface area (Å²) in [7, 11) is 2.13. The molecule has 3 nitrogen and oxygen atoms in total. The number of halogens is 1. The van der Waals surface area contributed by atoms with Gasteiger partial charge in [-0.15, -0.1) is 0 Å². The van der Waals surface area contributed by atoms with E-state index in [1.165, 1.54) is 0 Å². The summed E-state index contributed by atoms with van der Waals surface area (Å²) in [4.78, 5) is 2.31. The van der Waals surface area contributed by atoms with Crippen molar-refractivity contribution in [2.75, 3.05) is 39.9 Å². The molecule has 0 aliphatic carbocycles. The van der Waals surface area contributed by atoms with Crippen LogP contribution in [0.1, 0.15) is 12.8 Å². The molecule has 1 aliphatic heterocycles. The summed E-state index contributed by atoms with van der Waals surface area (Å²) in [6, 6.07) is 0. The van der Waals surface area contributed by atoms with Crippen LogP contribution in [0.25, 0.3) is 0 Å². The fourth-order valence-electron chi connectivity index (χ4n) is 1.66. The molecule has 0 unspecified atom stereocenters. The Morgan fingerprint density at radius 3 is 2.71 bits per heavy atom. The molecule has 2 N–H and O–H groups in total. The Bertz CT molecular complexity index is 149. The van der Waals surface area contributed by atoms with Gasteiger partial charge in [-0.1, -0.05) is 0 Å². The van der Waals surface area contributed by atoms with E-state index in [2.05, 4.69) is 11.9 Å². The summed E-state index contributed by atoms with van der Waals surface area (Å²) < 4.78 is 18.0. The van der Waals surface area contributed by atoms with Crippen LogP contribution in [0.3, 0.4) is 0 Å². The summed E-state index contributed by atoms with van der Waals surface area (Å²) in [5, 5.41) is 0. The van der Waals surface area contributed by atoms with E-state index in [4.69, 9.17) is 10.5 Å². The Balaban J connectivity index is 2.02. The molecule has 14 heavy (non-hydrogen) atoms. The van der Waals surface area contributed by atoms with Crippen LogP contribution >= 0.6 is 0 Å². The predicted molar refractivity (Wildman–Crippen MR) is 55.0 cm³/mol. The van der Waals surface area contributed by atoms with E-state index < -0.39 is 6.17 Å². The number of likely N-dealkylation sites (tertiary alicyclic amines) is 1. The van der Waals surface area contributed by atoms with Crippen LogP contribution in [-0.2, 0) is 4.74 Å². The molecule has 0 amide bonds. The second-order valence-electron chi connectivity index (χ2n) is 4.12. The first-order valence-electron chi connectivity index (χ1n) is 5.32. The monoisotopic (exact) mass is 204 g/mol. The van der Waals surface area contributed by atoms with Crippen molar-refractivity contribution in [1.29, 1.82) is 0 Å².